The van der Waals surface area contributed by atoms with Crippen molar-refractivity contribution in [2.45, 2.75) is 6.18 Å². The summed E-state index contributed by atoms with van der Waals surface area (Å²) in [6.45, 7) is -2.69. The van der Waals surface area contributed by atoms with Crippen LogP contribution < -0.4 is 20.7 Å². The molecule has 3 aromatic rings. The van der Waals surface area contributed by atoms with Gasteiger partial charge < -0.3 is 20.7 Å². The quantitative estimate of drug-likeness (QED) is 0.457. The predicted molar refractivity (Wildman–Crippen MR) is 113 cm³/mol. The Hall–Kier alpha value is -3.79. The van der Waals surface area contributed by atoms with Gasteiger partial charge in [0.15, 0.2) is 0 Å². The van der Waals surface area contributed by atoms with E-state index in [1.54, 1.807) is 5.32 Å². The number of nitrogens with zero attached hydrogens (tertiary/aromatic N) is 1. The zero-order valence-electron chi connectivity index (χ0n) is 20.8. The molecule has 0 bridgehead atoms. The molecule has 0 saturated carbocycles. The monoisotopic (exact) mass is 469 g/mol. The third-order valence-corrected chi connectivity index (χ3v) is 4.08. The molecule has 3 rings (SSSR count). The van der Waals surface area contributed by atoms with Crippen LogP contribution in [0.4, 0.5) is 29.3 Å². The van der Waals surface area contributed by atoms with Gasteiger partial charge >= 0.3 is 12.2 Å². The van der Waals surface area contributed by atoms with Crippen LogP contribution in [0.25, 0.3) is 0 Å². The highest BCUT2D eigenvalue weighted by molar-refractivity contribution is 6.31. The smallest absolute Gasteiger partial charge is 0.417 e. The van der Waals surface area contributed by atoms with Crippen LogP contribution >= 0.6 is 11.6 Å². The summed E-state index contributed by atoms with van der Waals surface area (Å²) >= 11 is 5.53. The molecule has 0 spiro atoms. The average molecular weight is 470 g/mol. The van der Waals surface area contributed by atoms with Crippen molar-refractivity contribution in [1.82, 2.24) is 10.3 Å². The minimum absolute atomic E-state index is 0.165. The van der Waals surface area contributed by atoms with Crippen molar-refractivity contribution in [3.8, 4) is 11.5 Å². The van der Waals surface area contributed by atoms with Crippen LogP contribution in [0, 0.1) is 0 Å². The molecule has 32 heavy (non-hydrogen) atoms. The normalized spacial score (nSPS) is 13.6. The number of anilines is 2. The van der Waals surface area contributed by atoms with Gasteiger partial charge in [-0.3, -0.25) is 9.78 Å². The molecule has 1 aromatic heterocycles. The molecule has 7 nitrogen and oxygen atoms in total. The SMILES string of the molecule is [2H]c1cc(Cl)c(C(F)(F)F)c([2H])c1NC(=O)Nc1ccc(Oc2ccnc(C(=O)NC([2H])([2H])[2H])c2)cc1. The molecule has 0 atom stereocenters. The van der Waals surface area contributed by atoms with Gasteiger partial charge in [0.1, 0.15) is 17.2 Å². The molecule has 0 saturated heterocycles. The van der Waals surface area contributed by atoms with Crippen LogP contribution in [-0.4, -0.2) is 23.9 Å². The number of nitrogens with one attached hydrogen (secondary N) is 3. The van der Waals surface area contributed by atoms with E-state index in [0.717, 1.165) is 0 Å². The molecule has 1 heterocycles. The number of ether oxygens (including phenoxy) is 1. The van der Waals surface area contributed by atoms with E-state index in [-0.39, 0.29) is 22.9 Å². The van der Waals surface area contributed by atoms with Crippen LogP contribution in [-0.2, 0) is 6.18 Å². The largest absolute Gasteiger partial charge is 0.457 e. The van der Waals surface area contributed by atoms with Crippen molar-refractivity contribution in [1.29, 1.82) is 0 Å². The van der Waals surface area contributed by atoms with E-state index in [2.05, 4.69) is 15.6 Å². The first kappa shape index (κ1) is 16.8. The molecule has 0 aliphatic carbocycles. The number of hydrogen-bond donors (Lipinski definition) is 3. The van der Waals surface area contributed by atoms with Crippen LogP contribution in [0.5, 0.6) is 11.5 Å². The highest BCUT2D eigenvalue weighted by Crippen LogP contribution is 2.36. The summed E-state index contributed by atoms with van der Waals surface area (Å²) in [7, 11) is 0. The molecule has 0 radical (unpaired) electrons. The van der Waals surface area contributed by atoms with Gasteiger partial charge in [0.05, 0.1) is 13.3 Å². The number of halogens is 4. The van der Waals surface area contributed by atoms with Crippen molar-refractivity contribution in [2.75, 3.05) is 17.6 Å². The van der Waals surface area contributed by atoms with Crippen LogP contribution in [0.15, 0.2) is 60.7 Å². The zero-order valence-corrected chi connectivity index (χ0v) is 16.6. The number of pyridine rings is 1. The molecule has 0 aliphatic rings. The maximum atomic E-state index is 13.2. The zero-order chi connectivity index (χ0) is 27.5. The Morgan fingerprint density at radius 2 is 1.81 bits per heavy atom. The van der Waals surface area contributed by atoms with Gasteiger partial charge in [-0.1, -0.05) is 11.6 Å². The second-order valence-electron chi connectivity index (χ2n) is 6.05. The molecule has 11 heteroatoms. The lowest BCUT2D eigenvalue weighted by Crippen LogP contribution is -2.19. The lowest BCUT2D eigenvalue weighted by Gasteiger charge is -2.12. The Labute approximate surface area is 192 Å². The highest BCUT2D eigenvalue weighted by atomic mass is 35.5. The van der Waals surface area contributed by atoms with E-state index in [0.29, 0.717) is 6.07 Å². The maximum Gasteiger partial charge on any atom is 0.417 e. The first-order chi connectivity index (χ1) is 17.1. The Kier molecular flexibility index (Phi) is 5.04. The second kappa shape index (κ2) is 9.56. The second-order valence-corrected chi connectivity index (χ2v) is 6.45. The van der Waals surface area contributed by atoms with E-state index in [1.807, 2.05) is 0 Å². The van der Waals surface area contributed by atoms with Gasteiger partial charge in [0.2, 0.25) is 0 Å². The van der Waals surface area contributed by atoms with Crippen molar-refractivity contribution in [3.63, 3.8) is 0 Å². The number of carbonyl (C=O) groups is 2. The number of amides is 3. The molecule has 2 aromatic carbocycles. The molecule has 166 valence electrons. The van der Waals surface area contributed by atoms with Gasteiger partial charge in [-0.25, -0.2) is 4.79 Å². The summed E-state index contributed by atoms with van der Waals surface area (Å²) < 4.78 is 81.8. The van der Waals surface area contributed by atoms with Gasteiger partial charge in [-0.05, 0) is 48.5 Å². The molecule has 0 unspecified atom stereocenters. The maximum absolute atomic E-state index is 13.2. The van der Waals surface area contributed by atoms with E-state index in [1.165, 1.54) is 42.6 Å². The number of benzene rings is 2. The van der Waals surface area contributed by atoms with Gasteiger partial charge in [-0.15, -0.1) is 0 Å². The van der Waals surface area contributed by atoms with Crippen LogP contribution in [0.2, 0.25) is 5.02 Å². The predicted octanol–water partition coefficient (Wildman–Crippen LogP) is 5.55. The molecule has 3 N–H and O–H groups in total. The summed E-state index contributed by atoms with van der Waals surface area (Å²) in [6, 6.07) is 6.23. The standard InChI is InChI=1S/C21H16ClF3N4O3/c1-26-19(30)18-11-15(8-9-27-18)32-14-5-2-12(3-6-14)28-20(31)29-13-4-7-17(22)16(10-13)21(23,24)25/h2-11H,1H3,(H,26,30)(H2,28,29,31)/i1D3,4D,10D. The number of carbonyl (C=O) groups excluding carboxylic acids is 2. The van der Waals surface area contributed by atoms with Crippen molar-refractivity contribution < 1.29 is 34.4 Å². The topological polar surface area (TPSA) is 92.3 Å². The summed E-state index contributed by atoms with van der Waals surface area (Å²) in [5, 5.41) is 5.38. The Bertz CT molecular complexity index is 1340. The van der Waals surface area contributed by atoms with Crippen LogP contribution in [0.1, 0.15) is 22.9 Å². The minimum atomic E-state index is -4.96. The Balaban J connectivity index is 1.68. The fourth-order valence-corrected chi connectivity index (χ4v) is 2.59. The summed E-state index contributed by atoms with van der Waals surface area (Å²) in [5.41, 5.74) is -2.15. The summed E-state index contributed by atoms with van der Waals surface area (Å²) in [5.74, 6) is -0.502. The fourth-order valence-electron chi connectivity index (χ4n) is 2.38. The highest BCUT2D eigenvalue weighted by Gasteiger charge is 2.33. The third kappa shape index (κ3) is 5.88. The number of alkyl halides is 3. The number of urea groups is 1. The summed E-state index contributed by atoms with van der Waals surface area (Å²) in [4.78, 5) is 28.0. The van der Waals surface area contributed by atoms with Crippen molar-refractivity contribution in [3.05, 3.63) is 77.0 Å². The third-order valence-electron chi connectivity index (χ3n) is 3.78. The number of hydrogen-bond acceptors (Lipinski definition) is 4. The average Bonchev–Trinajstić information content (AvgIpc) is 2.76. The van der Waals surface area contributed by atoms with Gasteiger partial charge in [0, 0.05) is 34.7 Å². The minimum Gasteiger partial charge on any atom is -0.457 e. The summed E-state index contributed by atoms with van der Waals surface area (Å²) in [6.07, 6.45) is -3.72. The number of aromatic nitrogens is 1. The lowest BCUT2D eigenvalue weighted by molar-refractivity contribution is -0.137. The molecular weight excluding hydrogens is 449 g/mol. The van der Waals surface area contributed by atoms with E-state index in [9.17, 15) is 22.8 Å². The molecule has 3 amide bonds. The first-order valence-corrected chi connectivity index (χ1v) is 9.03. The van der Waals surface area contributed by atoms with Gasteiger partial charge in [0.25, 0.3) is 5.91 Å². The van der Waals surface area contributed by atoms with E-state index >= 15 is 0 Å². The first-order valence-electron chi connectivity index (χ1n) is 11.2. The van der Waals surface area contributed by atoms with Gasteiger partial charge in [-0.2, -0.15) is 13.2 Å². The molecular formula is C21H16ClF3N4O3. The lowest BCUT2D eigenvalue weighted by atomic mass is 10.2. The number of rotatable bonds is 5. The Morgan fingerprint density at radius 1 is 1.09 bits per heavy atom. The molecule has 0 aliphatic heterocycles. The van der Waals surface area contributed by atoms with E-state index in [4.69, 9.17) is 23.2 Å². The van der Waals surface area contributed by atoms with Crippen molar-refractivity contribution in [2.24, 2.45) is 0 Å². The molecule has 0 fully saturated rings. The van der Waals surface area contributed by atoms with Crippen molar-refractivity contribution >= 4 is 34.9 Å². The Morgan fingerprint density at radius 3 is 2.50 bits per heavy atom. The van der Waals surface area contributed by atoms with Crippen LogP contribution in [0.3, 0.4) is 0 Å². The van der Waals surface area contributed by atoms with E-state index < -0.39 is 53.4 Å². The fraction of sp³-hybridized carbons (Fsp3) is 0.0952.